The molecule has 1 aromatic rings. The van der Waals surface area contributed by atoms with Gasteiger partial charge in [-0.15, -0.1) is 0 Å². The summed E-state index contributed by atoms with van der Waals surface area (Å²) in [7, 11) is 0. The van der Waals surface area contributed by atoms with E-state index in [4.69, 9.17) is 10.6 Å². The Kier molecular flexibility index (Phi) is 5.58. The molecule has 0 aromatic heterocycles. The van der Waals surface area contributed by atoms with Gasteiger partial charge >= 0.3 is 6.18 Å². The lowest BCUT2D eigenvalue weighted by atomic mass is 10.0. The number of nitrogens with one attached hydrogen (secondary N) is 1. The van der Waals surface area contributed by atoms with Gasteiger partial charge in [0.1, 0.15) is 0 Å². The second-order valence-corrected chi connectivity index (χ2v) is 3.92. The first-order valence-corrected chi connectivity index (χ1v) is 5.70. The van der Waals surface area contributed by atoms with Crippen LogP contribution in [0.2, 0.25) is 0 Å². The molecule has 0 bridgehead atoms. The molecule has 3 nitrogen and oxygen atoms in total. The van der Waals surface area contributed by atoms with Gasteiger partial charge in [0.15, 0.2) is 0 Å². The minimum absolute atomic E-state index is 0.242. The third-order valence-corrected chi connectivity index (χ3v) is 2.45. The van der Waals surface area contributed by atoms with E-state index in [2.05, 4.69) is 5.43 Å². The van der Waals surface area contributed by atoms with Crippen LogP contribution in [0.5, 0.6) is 0 Å². The SMILES string of the molecule is CCCOCC(NN)c1cccc(C(F)(F)F)c1. The highest BCUT2D eigenvalue weighted by atomic mass is 19.4. The van der Waals surface area contributed by atoms with Crippen molar-refractivity contribution in [3.8, 4) is 0 Å². The number of nitrogens with two attached hydrogens (primary N) is 1. The molecule has 0 heterocycles. The normalized spacial score (nSPS) is 13.6. The van der Waals surface area contributed by atoms with E-state index in [-0.39, 0.29) is 6.61 Å². The first-order valence-electron chi connectivity index (χ1n) is 5.70. The van der Waals surface area contributed by atoms with Crippen LogP contribution in [0, 0.1) is 0 Å². The van der Waals surface area contributed by atoms with Crippen molar-refractivity contribution < 1.29 is 17.9 Å². The highest BCUT2D eigenvalue weighted by Gasteiger charge is 2.30. The van der Waals surface area contributed by atoms with Crippen molar-refractivity contribution in [2.45, 2.75) is 25.6 Å². The predicted octanol–water partition coefficient (Wildman–Crippen LogP) is 2.64. The zero-order valence-electron chi connectivity index (χ0n) is 10.1. The Morgan fingerprint density at radius 1 is 1.39 bits per heavy atom. The third kappa shape index (κ3) is 4.29. The van der Waals surface area contributed by atoms with Gasteiger partial charge in [-0.3, -0.25) is 11.3 Å². The standard InChI is InChI=1S/C12H17F3N2O/c1-2-6-18-8-11(17-16)9-4-3-5-10(7-9)12(13,14)15/h3-5,7,11,17H,2,6,8,16H2,1H3. The lowest BCUT2D eigenvalue weighted by Gasteiger charge is -2.17. The minimum atomic E-state index is -4.35. The van der Waals surface area contributed by atoms with Crippen LogP contribution >= 0.6 is 0 Å². The fourth-order valence-corrected chi connectivity index (χ4v) is 1.52. The molecular formula is C12H17F3N2O. The van der Waals surface area contributed by atoms with Crippen LogP contribution in [0.1, 0.15) is 30.5 Å². The first kappa shape index (κ1) is 14.9. The highest BCUT2D eigenvalue weighted by molar-refractivity contribution is 5.28. The largest absolute Gasteiger partial charge is 0.416 e. The Morgan fingerprint density at radius 2 is 2.11 bits per heavy atom. The van der Waals surface area contributed by atoms with Gasteiger partial charge in [-0.05, 0) is 24.1 Å². The quantitative estimate of drug-likeness (QED) is 0.470. The van der Waals surface area contributed by atoms with Crippen molar-refractivity contribution in [3.63, 3.8) is 0 Å². The predicted molar refractivity (Wildman–Crippen MR) is 62.6 cm³/mol. The van der Waals surface area contributed by atoms with Crippen LogP contribution in [-0.4, -0.2) is 13.2 Å². The van der Waals surface area contributed by atoms with E-state index in [0.29, 0.717) is 12.2 Å². The molecule has 1 aromatic carbocycles. The number of rotatable bonds is 6. The molecule has 3 N–H and O–H groups in total. The topological polar surface area (TPSA) is 47.3 Å². The summed E-state index contributed by atoms with van der Waals surface area (Å²) in [6, 6.07) is 4.63. The molecule has 0 amide bonds. The summed E-state index contributed by atoms with van der Waals surface area (Å²) in [5, 5.41) is 0. The zero-order chi connectivity index (χ0) is 13.6. The molecule has 1 rings (SSSR count). The van der Waals surface area contributed by atoms with Gasteiger partial charge in [0.25, 0.3) is 0 Å². The maximum absolute atomic E-state index is 12.6. The smallest absolute Gasteiger partial charge is 0.379 e. The molecule has 0 radical (unpaired) electrons. The van der Waals surface area contributed by atoms with Crippen LogP contribution in [0.25, 0.3) is 0 Å². The van der Waals surface area contributed by atoms with Gasteiger partial charge in [0.05, 0.1) is 18.2 Å². The Hall–Kier alpha value is -1.11. The molecule has 0 aliphatic rings. The Morgan fingerprint density at radius 3 is 2.67 bits per heavy atom. The Bertz CT molecular complexity index is 369. The lowest BCUT2D eigenvalue weighted by molar-refractivity contribution is -0.137. The van der Waals surface area contributed by atoms with Gasteiger partial charge in [-0.2, -0.15) is 13.2 Å². The van der Waals surface area contributed by atoms with E-state index in [1.54, 1.807) is 6.07 Å². The number of halogens is 3. The van der Waals surface area contributed by atoms with Gasteiger partial charge in [0, 0.05) is 6.61 Å². The summed E-state index contributed by atoms with van der Waals surface area (Å²) in [5.41, 5.74) is 2.24. The van der Waals surface area contributed by atoms with Gasteiger partial charge < -0.3 is 4.74 Å². The average Bonchev–Trinajstić information content (AvgIpc) is 2.34. The molecule has 0 saturated heterocycles. The monoisotopic (exact) mass is 262 g/mol. The summed E-state index contributed by atoms with van der Waals surface area (Å²) in [6.07, 6.45) is -3.50. The Balaban J connectivity index is 2.79. The Labute approximate surface area is 104 Å². The summed E-state index contributed by atoms with van der Waals surface area (Å²) in [6.45, 7) is 2.75. The van der Waals surface area contributed by atoms with E-state index < -0.39 is 17.8 Å². The van der Waals surface area contributed by atoms with Crippen molar-refractivity contribution in [1.29, 1.82) is 0 Å². The second-order valence-electron chi connectivity index (χ2n) is 3.92. The van der Waals surface area contributed by atoms with Crippen molar-refractivity contribution in [1.82, 2.24) is 5.43 Å². The fourth-order valence-electron chi connectivity index (χ4n) is 1.52. The average molecular weight is 262 g/mol. The lowest BCUT2D eigenvalue weighted by Crippen LogP contribution is -2.31. The zero-order valence-corrected chi connectivity index (χ0v) is 10.1. The van der Waals surface area contributed by atoms with Crippen LogP contribution < -0.4 is 11.3 Å². The minimum Gasteiger partial charge on any atom is -0.379 e. The number of ether oxygens (including phenoxy) is 1. The van der Waals surface area contributed by atoms with Crippen LogP contribution in [-0.2, 0) is 10.9 Å². The molecule has 102 valence electrons. The van der Waals surface area contributed by atoms with E-state index in [9.17, 15) is 13.2 Å². The maximum atomic E-state index is 12.6. The van der Waals surface area contributed by atoms with Gasteiger partial charge in [-0.25, -0.2) is 0 Å². The molecule has 0 aliphatic carbocycles. The molecule has 18 heavy (non-hydrogen) atoms. The third-order valence-electron chi connectivity index (χ3n) is 2.45. The van der Waals surface area contributed by atoms with Crippen LogP contribution in [0.15, 0.2) is 24.3 Å². The van der Waals surface area contributed by atoms with Crippen molar-refractivity contribution >= 4 is 0 Å². The van der Waals surface area contributed by atoms with E-state index >= 15 is 0 Å². The molecule has 6 heteroatoms. The number of benzene rings is 1. The number of alkyl halides is 3. The van der Waals surface area contributed by atoms with Crippen molar-refractivity contribution in [2.24, 2.45) is 5.84 Å². The summed E-state index contributed by atoms with van der Waals surface area (Å²) in [5.74, 6) is 5.33. The molecule has 0 saturated carbocycles. The van der Waals surface area contributed by atoms with Gasteiger partial charge in [0.2, 0.25) is 0 Å². The molecular weight excluding hydrogens is 245 g/mol. The second kappa shape index (κ2) is 6.72. The number of hydrogen-bond acceptors (Lipinski definition) is 3. The summed E-state index contributed by atoms with van der Waals surface area (Å²) in [4.78, 5) is 0. The molecule has 0 spiro atoms. The number of hydrogen-bond donors (Lipinski definition) is 2. The highest BCUT2D eigenvalue weighted by Crippen LogP contribution is 2.30. The summed E-state index contributed by atoms with van der Waals surface area (Å²) < 4.78 is 43.0. The first-order chi connectivity index (χ1) is 8.49. The molecule has 1 unspecified atom stereocenters. The van der Waals surface area contributed by atoms with E-state index in [1.807, 2.05) is 6.92 Å². The maximum Gasteiger partial charge on any atom is 0.416 e. The van der Waals surface area contributed by atoms with Crippen molar-refractivity contribution in [2.75, 3.05) is 13.2 Å². The number of hydrazine groups is 1. The van der Waals surface area contributed by atoms with Crippen LogP contribution in [0.3, 0.4) is 0 Å². The molecule has 0 aliphatic heterocycles. The van der Waals surface area contributed by atoms with Crippen molar-refractivity contribution in [3.05, 3.63) is 35.4 Å². The molecule has 0 fully saturated rings. The van der Waals surface area contributed by atoms with Gasteiger partial charge in [-0.1, -0.05) is 19.1 Å². The molecule has 1 atom stereocenters. The summed E-state index contributed by atoms with van der Waals surface area (Å²) >= 11 is 0. The van der Waals surface area contributed by atoms with E-state index in [1.165, 1.54) is 6.07 Å². The van der Waals surface area contributed by atoms with E-state index in [0.717, 1.165) is 18.6 Å². The van der Waals surface area contributed by atoms with Crippen LogP contribution in [0.4, 0.5) is 13.2 Å². The fraction of sp³-hybridized carbons (Fsp3) is 0.500.